The zero-order chi connectivity index (χ0) is 31.7. The van der Waals surface area contributed by atoms with Gasteiger partial charge in [-0.2, -0.15) is 0 Å². The fraction of sp³-hybridized carbons (Fsp3) is 0.500. The van der Waals surface area contributed by atoms with Crippen molar-refractivity contribution >= 4 is 56.5 Å². The van der Waals surface area contributed by atoms with Crippen molar-refractivity contribution < 1.29 is 33.4 Å². The summed E-state index contributed by atoms with van der Waals surface area (Å²) in [5.41, 5.74) is 0.803. The number of hydrogen-bond donors (Lipinski definition) is 2. The van der Waals surface area contributed by atoms with Crippen LogP contribution in [0.4, 0.5) is 10.1 Å². The molecule has 0 spiro atoms. The molecule has 0 radical (unpaired) electrons. The number of fused-ring (bicyclic) bond motifs is 1. The predicted molar refractivity (Wildman–Crippen MR) is 171 cm³/mol. The standard InChI is InChI=1S/C34H38ClFN2O6S/c1-43-25-11-20(12-25)22-10-23(17-44-24-8-6-19(7-9-24)34(41)42)38(16-22)32(39)14-21-13-28(35)30(15-29(21)36)37-33(40)27-18-45-31-5-3-2-4-26(27)31/h2-5,13,15,18-20,22-25H,6-12,14,16-17H2,1H3,(H,37,40)(H,41,42)/t19-,20?,22-,23-,24-,25?/m0/s1. The van der Waals surface area contributed by atoms with Gasteiger partial charge in [-0.25, -0.2) is 4.39 Å². The lowest BCUT2D eigenvalue weighted by atomic mass is 9.73. The van der Waals surface area contributed by atoms with Gasteiger partial charge < -0.3 is 24.8 Å². The fourth-order valence-corrected chi connectivity index (χ4v) is 8.27. The van der Waals surface area contributed by atoms with Crippen molar-refractivity contribution in [1.82, 2.24) is 4.90 Å². The molecule has 0 unspecified atom stereocenters. The molecular formula is C34H38ClFN2O6S. The van der Waals surface area contributed by atoms with Gasteiger partial charge in [0, 0.05) is 29.1 Å². The number of carboxylic acids is 1. The van der Waals surface area contributed by atoms with E-state index in [1.807, 2.05) is 29.2 Å². The van der Waals surface area contributed by atoms with Crippen molar-refractivity contribution in [2.24, 2.45) is 17.8 Å². The quantitative estimate of drug-likeness (QED) is 0.249. The predicted octanol–water partition coefficient (Wildman–Crippen LogP) is 6.79. The van der Waals surface area contributed by atoms with Crippen LogP contribution in [0.15, 0.2) is 41.8 Å². The number of methoxy groups -OCH3 is 1. The van der Waals surface area contributed by atoms with E-state index in [0.29, 0.717) is 56.2 Å². The molecule has 2 aromatic carbocycles. The van der Waals surface area contributed by atoms with E-state index in [1.165, 1.54) is 23.5 Å². The number of hydrogen-bond acceptors (Lipinski definition) is 6. The summed E-state index contributed by atoms with van der Waals surface area (Å²) in [7, 11) is 1.72. The zero-order valence-electron chi connectivity index (χ0n) is 25.2. The molecule has 2 saturated carbocycles. The number of aliphatic carboxylic acids is 1. The van der Waals surface area contributed by atoms with Gasteiger partial charge in [0.15, 0.2) is 0 Å². The van der Waals surface area contributed by atoms with Crippen molar-refractivity contribution in [3.05, 3.63) is 63.7 Å². The highest BCUT2D eigenvalue weighted by molar-refractivity contribution is 7.17. The first kappa shape index (κ1) is 31.9. The number of carboxylic acid groups (broad SMARTS) is 1. The van der Waals surface area contributed by atoms with Gasteiger partial charge >= 0.3 is 5.97 Å². The van der Waals surface area contributed by atoms with Crippen LogP contribution in [0.5, 0.6) is 0 Å². The van der Waals surface area contributed by atoms with Gasteiger partial charge in [-0.3, -0.25) is 14.4 Å². The van der Waals surface area contributed by atoms with Crippen LogP contribution in [0.3, 0.4) is 0 Å². The molecule has 11 heteroatoms. The molecule has 2 N–H and O–H groups in total. The van der Waals surface area contributed by atoms with E-state index in [4.69, 9.17) is 21.1 Å². The molecule has 1 saturated heterocycles. The third-order valence-electron chi connectivity index (χ3n) is 9.90. The number of rotatable bonds is 10. The summed E-state index contributed by atoms with van der Waals surface area (Å²) in [6, 6.07) is 10.0. The summed E-state index contributed by atoms with van der Waals surface area (Å²) in [4.78, 5) is 39.9. The SMILES string of the molecule is COC1CC([C@H]2C[C@@H](CO[C@H]3CC[C@H](C(=O)O)CC3)N(C(=O)Cc3cc(Cl)c(NC(=O)c4csc5ccccc45)cc3F)C2)C1. The Hall–Kier alpha value is -3.05. The lowest BCUT2D eigenvalue weighted by Crippen LogP contribution is -2.41. The highest BCUT2D eigenvalue weighted by Crippen LogP contribution is 2.42. The van der Waals surface area contributed by atoms with Gasteiger partial charge in [0.05, 0.1) is 53.5 Å². The summed E-state index contributed by atoms with van der Waals surface area (Å²) in [5.74, 6) is -1.47. The topological polar surface area (TPSA) is 105 Å². The molecule has 3 aromatic rings. The number of halogens is 2. The zero-order valence-corrected chi connectivity index (χ0v) is 26.7. The van der Waals surface area contributed by atoms with Gasteiger partial charge in [-0.05, 0) is 80.5 Å². The Labute approximate surface area is 270 Å². The Balaban J connectivity index is 1.11. The average Bonchev–Trinajstić information content (AvgIpc) is 3.63. The number of anilines is 1. The molecule has 3 aliphatic rings. The number of nitrogens with one attached hydrogen (secondary N) is 1. The van der Waals surface area contributed by atoms with Crippen LogP contribution in [-0.2, 0) is 25.5 Å². The monoisotopic (exact) mass is 656 g/mol. The van der Waals surface area contributed by atoms with E-state index < -0.39 is 11.8 Å². The Bertz CT molecular complexity index is 1570. The fourth-order valence-electron chi connectivity index (χ4n) is 7.09. The number of thiophene rings is 1. The minimum Gasteiger partial charge on any atom is -0.481 e. The van der Waals surface area contributed by atoms with Crippen molar-refractivity contribution in [3.63, 3.8) is 0 Å². The van der Waals surface area contributed by atoms with E-state index in [9.17, 15) is 19.5 Å². The maximum absolute atomic E-state index is 15.4. The summed E-state index contributed by atoms with van der Waals surface area (Å²) < 4.78 is 28.1. The highest BCUT2D eigenvalue weighted by atomic mass is 35.5. The molecule has 2 amide bonds. The molecule has 45 heavy (non-hydrogen) atoms. The van der Waals surface area contributed by atoms with Gasteiger partial charge in [0.1, 0.15) is 5.82 Å². The largest absolute Gasteiger partial charge is 0.481 e. The van der Waals surface area contributed by atoms with Gasteiger partial charge in [0.2, 0.25) is 5.91 Å². The molecule has 2 atom stereocenters. The number of likely N-dealkylation sites (tertiary alicyclic amines) is 1. The summed E-state index contributed by atoms with van der Waals surface area (Å²) in [5, 5.41) is 14.8. The molecule has 240 valence electrons. The van der Waals surface area contributed by atoms with Crippen LogP contribution in [-0.4, -0.2) is 66.3 Å². The van der Waals surface area contributed by atoms with Crippen LogP contribution in [0.1, 0.15) is 60.9 Å². The molecule has 3 fully saturated rings. The lowest BCUT2D eigenvalue weighted by molar-refractivity contribution is -0.144. The number of carbonyl (C=O) groups is 3. The van der Waals surface area contributed by atoms with Crippen molar-refractivity contribution in [3.8, 4) is 0 Å². The number of ether oxygens (including phenoxy) is 2. The first-order chi connectivity index (χ1) is 21.7. The Morgan fingerprint density at radius 2 is 1.82 bits per heavy atom. The number of benzene rings is 2. The molecule has 0 bridgehead atoms. The Morgan fingerprint density at radius 1 is 1.07 bits per heavy atom. The molecule has 2 aliphatic carbocycles. The summed E-state index contributed by atoms with van der Waals surface area (Å²) >= 11 is 7.96. The molecular weight excluding hydrogens is 619 g/mol. The molecule has 2 heterocycles. The van der Waals surface area contributed by atoms with E-state index in [2.05, 4.69) is 5.32 Å². The second-order valence-corrected chi connectivity index (χ2v) is 13.9. The second kappa shape index (κ2) is 13.7. The normalized spacial score (nSPS) is 26.5. The van der Waals surface area contributed by atoms with E-state index in [0.717, 1.165) is 29.3 Å². The number of carbonyl (C=O) groups excluding carboxylic acids is 2. The number of amides is 2. The third kappa shape index (κ3) is 7.04. The van der Waals surface area contributed by atoms with Crippen LogP contribution in [0, 0.1) is 23.6 Å². The van der Waals surface area contributed by atoms with Crippen molar-refractivity contribution in [2.45, 2.75) is 69.6 Å². The smallest absolute Gasteiger partial charge is 0.306 e. The van der Waals surface area contributed by atoms with Crippen LogP contribution in [0.2, 0.25) is 5.02 Å². The van der Waals surface area contributed by atoms with Crippen LogP contribution in [0.25, 0.3) is 10.1 Å². The van der Waals surface area contributed by atoms with Crippen molar-refractivity contribution in [2.75, 3.05) is 25.6 Å². The van der Waals surface area contributed by atoms with E-state index >= 15 is 4.39 Å². The van der Waals surface area contributed by atoms with Crippen molar-refractivity contribution in [1.29, 1.82) is 0 Å². The maximum Gasteiger partial charge on any atom is 0.306 e. The van der Waals surface area contributed by atoms with E-state index in [1.54, 1.807) is 12.5 Å². The van der Waals surface area contributed by atoms with Gasteiger partial charge in [-0.15, -0.1) is 11.3 Å². The Kier molecular flexibility index (Phi) is 9.75. The molecule has 1 aromatic heterocycles. The van der Waals surface area contributed by atoms with Gasteiger partial charge in [0.25, 0.3) is 5.91 Å². The minimum absolute atomic E-state index is 0.0238. The third-order valence-corrected chi connectivity index (χ3v) is 11.2. The van der Waals surface area contributed by atoms with Gasteiger partial charge in [-0.1, -0.05) is 29.8 Å². The van der Waals surface area contributed by atoms with Crippen LogP contribution >= 0.6 is 22.9 Å². The summed E-state index contributed by atoms with van der Waals surface area (Å²) in [6.45, 7) is 0.953. The highest BCUT2D eigenvalue weighted by Gasteiger charge is 2.44. The first-order valence-corrected chi connectivity index (χ1v) is 16.9. The maximum atomic E-state index is 15.4. The number of nitrogens with zero attached hydrogens (tertiary/aromatic N) is 1. The lowest BCUT2D eigenvalue weighted by Gasteiger charge is -2.38. The molecule has 8 nitrogen and oxygen atoms in total. The first-order valence-electron chi connectivity index (χ1n) is 15.6. The second-order valence-electron chi connectivity index (χ2n) is 12.6. The van der Waals surface area contributed by atoms with Crippen LogP contribution < -0.4 is 5.32 Å². The Morgan fingerprint density at radius 3 is 2.56 bits per heavy atom. The molecule has 1 aliphatic heterocycles. The minimum atomic E-state index is -0.752. The summed E-state index contributed by atoms with van der Waals surface area (Å²) in [6.07, 6.45) is 5.38. The van der Waals surface area contributed by atoms with E-state index in [-0.39, 0.29) is 58.7 Å². The molecule has 6 rings (SSSR count). The average molecular weight is 657 g/mol.